The van der Waals surface area contributed by atoms with E-state index in [4.69, 9.17) is 4.74 Å². The van der Waals surface area contributed by atoms with Crippen molar-refractivity contribution in [2.45, 2.75) is 4.90 Å². The van der Waals surface area contributed by atoms with Crippen LogP contribution in [0.5, 0.6) is 11.5 Å². The van der Waals surface area contributed by atoms with Gasteiger partial charge in [0.15, 0.2) is 4.91 Å². The minimum absolute atomic E-state index is 0.0966. The highest BCUT2D eigenvalue weighted by Crippen LogP contribution is 2.40. The van der Waals surface area contributed by atoms with Gasteiger partial charge in [0.25, 0.3) is 0 Å². The van der Waals surface area contributed by atoms with Crippen molar-refractivity contribution in [2.24, 2.45) is 0 Å². The monoisotopic (exact) mass is 425 g/mol. The summed E-state index contributed by atoms with van der Waals surface area (Å²) in [5.74, 6) is -0.382. The van der Waals surface area contributed by atoms with E-state index in [9.17, 15) is 17.6 Å². The third kappa shape index (κ3) is 3.53. The summed E-state index contributed by atoms with van der Waals surface area (Å²) in [5, 5.41) is 0. The molecule has 0 unspecified atom stereocenters. The number of hydrogen-bond acceptors (Lipinski definition) is 6. The predicted molar refractivity (Wildman–Crippen MR) is 109 cm³/mol. The minimum Gasteiger partial charge on any atom is -0.465 e. The molecule has 152 valence electrons. The average molecular weight is 425 g/mol. The van der Waals surface area contributed by atoms with E-state index in [-0.39, 0.29) is 10.6 Å². The summed E-state index contributed by atoms with van der Waals surface area (Å²) in [5.41, 5.74) is 0.609. The molecule has 0 saturated heterocycles. The Morgan fingerprint density at radius 1 is 0.933 bits per heavy atom. The Bertz CT molecular complexity index is 1240. The van der Waals surface area contributed by atoms with Crippen LogP contribution in [0.15, 0.2) is 88.8 Å². The van der Waals surface area contributed by atoms with Crippen LogP contribution in [-0.2, 0) is 19.4 Å². The van der Waals surface area contributed by atoms with E-state index in [1.54, 1.807) is 24.3 Å². The Morgan fingerprint density at radius 2 is 1.60 bits per heavy atom. The Hall–Kier alpha value is -3.65. The van der Waals surface area contributed by atoms with Gasteiger partial charge in [0.05, 0.1) is 17.7 Å². The fourth-order valence-corrected chi connectivity index (χ4v) is 4.52. The third-order valence-electron chi connectivity index (χ3n) is 4.49. The van der Waals surface area contributed by atoms with Crippen LogP contribution in [0.25, 0.3) is 0 Å². The number of para-hydroxylation sites is 1. The van der Waals surface area contributed by atoms with Crippen LogP contribution in [0.1, 0.15) is 0 Å². The zero-order valence-corrected chi connectivity index (χ0v) is 16.6. The molecule has 0 radical (unpaired) electrons. The van der Waals surface area contributed by atoms with Crippen LogP contribution in [0.4, 0.5) is 15.8 Å². The maximum Gasteiger partial charge on any atom is 0.351 e. The second kappa shape index (κ2) is 7.64. The highest BCUT2D eigenvalue weighted by atomic mass is 32.2. The number of methoxy groups -OCH3 is 1. The molecule has 0 aliphatic carbocycles. The van der Waals surface area contributed by atoms with Crippen molar-refractivity contribution in [1.82, 2.24) is 0 Å². The standard InChI is InChI=1S/C22H16FNO5S/c1-28-22(25)21-14-24(19-13-15(23)7-12-20(19)30(21,26)27)16-8-10-18(11-9-16)29-17-5-3-2-4-6-17/h2-14H,1H3. The summed E-state index contributed by atoms with van der Waals surface area (Å²) >= 11 is 0. The van der Waals surface area contributed by atoms with E-state index in [1.807, 2.05) is 30.3 Å². The molecule has 1 aliphatic heterocycles. The minimum atomic E-state index is -4.15. The smallest absolute Gasteiger partial charge is 0.351 e. The van der Waals surface area contributed by atoms with Gasteiger partial charge in [-0.3, -0.25) is 0 Å². The first kappa shape index (κ1) is 19.7. The molecule has 0 bridgehead atoms. The predicted octanol–water partition coefficient (Wildman–Crippen LogP) is 4.56. The topological polar surface area (TPSA) is 72.9 Å². The molecular weight excluding hydrogens is 409 g/mol. The van der Waals surface area contributed by atoms with Gasteiger partial charge in [-0.15, -0.1) is 0 Å². The number of carbonyl (C=O) groups excluding carboxylic acids is 1. The number of ether oxygens (including phenoxy) is 2. The van der Waals surface area contributed by atoms with E-state index in [2.05, 4.69) is 4.74 Å². The number of nitrogens with zero attached hydrogens (tertiary/aromatic N) is 1. The zero-order valence-electron chi connectivity index (χ0n) is 15.8. The van der Waals surface area contributed by atoms with Crippen molar-refractivity contribution in [1.29, 1.82) is 0 Å². The summed E-state index contributed by atoms with van der Waals surface area (Å²) in [6.07, 6.45) is 1.13. The molecule has 0 spiro atoms. The molecule has 8 heteroatoms. The molecule has 0 atom stereocenters. The van der Waals surface area contributed by atoms with Gasteiger partial charge in [0.1, 0.15) is 17.3 Å². The Kier molecular flexibility index (Phi) is 5.01. The van der Waals surface area contributed by atoms with E-state index >= 15 is 0 Å². The van der Waals surface area contributed by atoms with Crippen LogP contribution >= 0.6 is 0 Å². The second-order valence-corrected chi connectivity index (χ2v) is 8.27. The number of carbonyl (C=O) groups is 1. The molecule has 1 heterocycles. The average Bonchev–Trinajstić information content (AvgIpc) is 2.74. The summed E-state index contributed by atoms with van der Waals surface area (Å²) in [7, 11) is -3.05. The van der Waals surface area contributed by atoms with Crippen molar-refractivity contribution in [3.63, 3.8) is 0 Å². The molecule has 0 aromatic heterocycles. The maximum atomic E-state index is 13.9. The van der Waals surface area contributed by atoms with Gasteiger partial charge < -0.3 is 14.4 Å². The van der Waals surface area contributed by atoms with E-state index < -0.39 is 26.5 Å². The van der Waals surface area contributed by atoms with Gasteiger partial charge >= 0.3 is 5.97 Å². The van der Waals surface area contributed by atoms with Crippen LogP contribution in [0.3, 0.4) is 0 Å². The number of sulfone groups is 1. The largest absolute Gasteiger partial charge is 0.465 e. The summed E-state index contributed by atoms with van der Waals surface area (Å²) < 4.78 is 49.9. The summed E-state index contributed by atoms with van der Waals surface area (Å²) in [6.45, 7) is 0. The highest BCUT2D eigenvalue weighted by molar-refractivity contribution is 7.96. The lowest BCUT2D eigenvalue weighted by Crippen LogP contribution is -2.26. The van der Waals surface area contributed by atoms with Crippen LogP contribution < -0.4 is 9.64 Å². The molecular formula is C22H16FNO5S. The van der Waals surface area contributed by atoms with Gasteiger partial charge in [-0.1, -0.05) is 18.2 Å². The molecule has 6 nitrogen and oxygen atoms in total. The molecule has 3 aromatic carbocycles. The number of anilines is 2. The highest BCUT2D eigenvalue weighted by Gasteiger charge is 2.36. The molecule has 0 saturated carbocycles. The first-order valence-corrected chi connectivity index (χ1v) is 10.4. The van der Waals surface area contributed by atoms with Crippen molar-refractivity contribution >= 4 is 27.2 Å². The van der Waals surface area contributed by atoms with Gasteiger partial charge in [0, 0.05) is 11.9 Å². The van der Waals surface area contributed by atoms with Crippen molar-refractivity contribution in [3.05, 3.63) is 89.7 Å². The number of fused-ring (bicyclic) bond motifs is 1. The Morgan fingerprint density at radius 3 is 2.27 bits per heavy atom. The number of esters is 1. The van der Waals surface area contributed by atoms with E-state index in [0.717, 1.165) is 31.5 Å². The SMILES string of the molecule is COC(=O)C1=CN(c2ccc(Oc3ccccc3)cc2)c2cc(F)ccc2S1(=O)=O. The van der Waals surface area contributed by atoms with Crippen molar-refractivity contribution in [3.8, 4) is 11.5 Å². The first-order valence-electron chi connectivity index (χ1n) is 8.87. The lowest BCUT2D eigenvalue weighted by Gasteiger charge is -2.28. The van der Waals surface area contributed by atoms with Crippen LogP contribution in [0.2, 0.25) is 0 Å². The van der Waals surface area contributed by atoms with E-state index in [1.165, 1.54) is 4.90 Å². The van der Waals surface area contributed by atoms with Gasteiger partial charge in [-0.05, 0) is 54.6 Å². The van der Waals surface area contributed by atoms with Crippen LogP contribution in [-0.4, -0.2) is 21.5 Å². The van der Waals surface area contributed by atoms with Gasteiger partial charge in [0.2, 0.25) is 9.84 Å². The lowest BCUT2D eigenvalue weighted by molar-refractivity contribution is -0.135. The Balaban J connectivity index is 1.77. The summed E-state index contributed by atoms with van der Waals surface area (Å²) in [6, 6.07) is 19.2. The quantitative estimate of drug-likeness (QED) is 0.451. The van der Waals surface area contributed by atoms with Crippen LogP contribution in [0, 0.1) is 5.82 Å². The molecule has 3 aromatic rings. The fraction of sp³-hybridized carbons (Fsp3) is 0.0455. The normalized spacial score (nSPS) is 14.5. The van der Waals surface area contributed by atoms with Gasteiger partial charge in [-0.25, -0.2) is 17.6 Å². The van der Waals surface area contributed by atoms with E-state index in [0.29, 0.717) is 17.2 Å². The van der Waals surface area contributed by atoms with Crippen molar-refractivity contribution < 1.29 is 27.1 Å². The maximum absolute atomic E-state index is 13.9. The zero-order chi connectivity index (χ0) is 21.3. The van der Waals surface area contributed by atoms with Gasteiger partial charge in [-0.2, -0.15) is 0 Å². The fourth-order valence-electron chi connectivity index (χ4n) is 3.06. The lowest BCUT2D eigenvalue weighted by atomic mass is 10.2. The molecule has 4 rings (SSSR count). The van der Waals surface area contributed by atoms with Crippen molar-refractivity contribution in [2.75, 3.05) is 12.0 Å². The number of halogens is 1. The molecule has 0 N–H and O–H groups in total. The number of benzene rings is 3. The first-order chi connectivity index (χ1) is 14.4. The molecule has 0 fully saturated rings. The molecule has 30 heavy (non-hydrogen) atoms. The third-order valence-corrected chi connectivity index (χ3v) is 6.26. The molecule has 0 amide bonds. The Labute approximate surface area is 172 Å². The second-order valence-electron chi connectivity index (χ2n) is 6.38. The number of hydrogen-bond donors (Lipinski definition) is 0. The summed E-state index contributed by atoms with van der Waals surface area (Å²) in [4.78, 5) is 12.8. The molecule has 1 aliphatic rings. The number of rotatable bonds is 4.